The van der Waals surface area contributed by atoms with Gasteiger partial charge in [0, 0.05) is 12.6 Å². The van der Waals surface area contributed by atoms with Gasteiger partial charge in [-0.25, -0.2) is 8.42 Å². The Morgan fingerprint density at radius 3 is 2.38 bits per heavy atom. The van der Waals surface area contributed by atoms with Crippen LogP contribution in [0.3, 0.4) is 0 Å². The second-order valence-electron chi connectivity index (χ2n) is 4.12. The molecule has 1 saturated heterocycles. The molecule has 0 amide bonds. The topological polar surface area (TPSA) is 63.4 Å². The van der Waals surface area contributed by atoms with Gasteiger partial charge >= 0.3 is 0 Å². The van der Waals surface area contributed by atoms with E-state index in [0.717, 1.165) is 11.3 Å². The zero-order valence-electron chi connectivity index (χ0n) is 9.26. The van der Waals surface area contributed by atoms with Crippen molar-refractivity contribution in [2.45, 2.75) is 19.4 Å². The van der Waals surface area contributed by atoms with Gasteiger partial charge in [0.25, 0.3) is 0 Å². The lowest BCUT2D eigenvalue weighted by molar-refractivity contribution is 0.599. The minimum absolute atomic E-state index is 0.0239. The molecule has 1 heterocycles. The molecule has 0 spiro atoms. The molecular weight excluding hydrogens is 224 g/mol. The monoisotopic (exact) mass is 240 g/mol. The summed E-state index contributed by atoms with van der Waals surface area (Å²) < 4.78 is 24.8. The van der Waals surface area contributed by atoms with Crippen LogP contribution in [0.2, 0.25) is 0 Å². The van der Waals surface area contributed by atoms with Crippen molar-refractivity contribution in [3.63, 3.8) is 0 Å². The minimum Gasteiger partial charge on any atom is -0.324 e. The van der Waals surface area contributed by atoms with Crippen molar-refractivity contribution in [2.24, 2.45) is 5.73 Å². The summed E-state index contributed by atoms with van der Waals surface area (Å²) in [5, 5.41) is 0. The molecular formula is C11H16N2O2S. The van der Waals surface area contributed by atoms with E-state index in [2.05, 4.69) is 0 Å². The first-order valence-corrected chi connectivity index (χ1v) is 6.97. The summed E-state index contributed by atoms with van der Waals surface area (Å²) in [5.74, 6) is 0.252. The first-order valence-electron chi connectivity index (χ1n) is 5.37. The molecule has 0 aliphatic carbocycles. The van der Waals surface area contributed by atoms with Gasteiger partial charge in [0.15, 0.2) is 0 Å². The van der Waals surface area contributed by atoms with E-state index < -0.39 is 10.0 Å². The molecule has 2 N–H and O–H groups in total. The molecule has 1 atom stereocenters. The van der Waals surface area contributed by atoms with Gasteiger partial charge in [-0.3, -0.25) is 4.31 Å². The van der Waals surface area contributed by atoms with Crippen LogP contribution < -0.4 is 10.0 Å². The standard InChI is InChI=1S/C11H16N2O2S/c1-9(12)10-3-5-11(6-4-10)13-7-2-8-16(13,14)15/h3-6,9H,2,7-8,12H2,1H3/t9-/m0/s1. The second kappa shape index (κ2) is 4.07. The highest BCUT2D eigenvalue weighted by Crippen LogP contribution is 2.25. The number of nitrogens with zero attached hydrogens (tertiary/aromatic N) is 1. The zero-order valence-corrected chi connectivity index (χ0v) is 10.1. The first kappa shape index (κ1) is 11.4. The molecule has 1 fully saturated rings. The molecule has 0 unspecified atom stereocenters. The third-order valence-electron chi connectivity index (χ3n) is 2.81. The number of nitrogens with two attached hydrogens (primary N) is 1. The van der Waals surface area contributed by atoms with Crippen LogP contribution in [0, 0.1) is 0 Å². The Kier molecular flexibility index (Phi) is 2.90. The van der Waals surface area contributed by atoms with Crippen LogP contribution in [0.1, 0.15) is 24.9 Å². The molecule has 1 aromatic carbocycles. The molecule has 16 heavy (non-hydrogen) atoms. The number of rotatable bonds is 2. The maximum absolute atomic E-state index is 11.7. The Hall–Kier alpha value is -1.07. The highest BCUT2D eigenvalue weighted by atomic mass is 32.2. The fourth-order valence-corrected chi connectivity index (χ4v) is 3.44. The van der Waals surface area contributed by atoms with E-state index in [1.165, 1.54) is 4.31 Å². The van der Waals surface area contributed by atoms with Crippen LogP contribution >= 0.6 is 0 Å². The highest BCUT2D eigenvalue weighted by molar-refractivity contribution is 7.93. The molecule has 0 aromatic heterocycles. The molecule has 88 valence electrons. The van der Waals surface area contributed by atoms with E-state index in [0.29, 0.717) is 13.0 Å². The number of hydrogen-bond acceptors (Lipinski definition) is 3. The Labute approximate surface area is 96.1 Å². The number of anilines is 1. The van der Waals surface area contributed by atoms with E-state index in [1.54, 1.807) is 0 Å². The number of sulfonamides is 1. The van der Waals surface area contributed by atoms with Gasteiger partial charge in [-0.15, -0.1) is 0 Å². The van der Waals surface area contributed by atoms with Crippen LogP contribution in [0.15, 0.2) is 24.3 Å². The van der Waals surface area contributed by atoms with E-state index >= 15 is 0 Å². The minimum atomic E-state index is -3.07. The Morgan fingerprint density at radius 1 is 1.31 bits per heavy atom. The van der Waals surface area contributed by atoms with Gasteiger partial charge in [0.2, 0.25) is 10.0 Å². The Balaban J connectivity index is 2.29. The third-order valence-corrected chi connectivity index (χ3v) is 4.68. The average molecular weight is 240 g/mol. The maximum Gasteiger partial charge on any atom is 0.235 e. The lowest BCUT2D eigenvalue weighted by atomic mass is 10.1. The molecule has 2 rings (SSSR count). The van der Waals surface area contributed by atoms with Crippen LogP contribution in [-0.2, 0) is 10.0 Å². The molecule has 4 nitrogen and oxygen atoms in total. The molecule has 1 aliphatic rings. The van der Waals surface area contributed by atoms with Gasteiger partial charge in [0.05, 0.1) is 11.4 Å². The number of benzene rings is 1. The Bertz CT molecular complexity index is 465. The fraction of sp³-hybridized carbons (Fsp3) is 0.455. The fourth-order valence-electron chi connectivity index (χ4n) is 1.87. The lowest BCUT2D eigenvalue weighted by Crippen LogP contribution is -2.25. The summed E-state index contributed by atoms with van der Waals surface area (Å²) in [7, 11) is -3.07. The zero-order chi connectivity index (χ0) is 11.8. The van der Waals surface area contributed by atoms with Crippen LogP contribution in [0.4, 0.5) is 5.69 Å². The average Bonchev–Trinajstić information content (AvgIpc) is 2.58. The van der Waals surface area contributed by atoms with Crippen molar-refractivity contribution in [3.8, 4) is 0 Å². The van der Waals surface area contributed by atoms with Crippen molar-refractivity contribution in [1.29, 1.82) is 0 Å². The van der Waals surface area contributed by atoms with Gasteiger partial charge in [-0.2, -0.15) is 0 Å². The molecule has 0 radical (unpaired) electrons. The van der Waals surface area contributed by atoms with E-state index in [1.807, 2.05) is 31.2 Å². The largest absolute Gasteiger partial charge is 0.324 e. The highest BCUT2D eigenvalue weighted by Gasteiger charge is 2.28. The maximum atomic E-state index is 11.7. The predicted octanol–water partition coefficient (Wildman–Crippen LogP) is 1.25. The SMILES string of the molecule is C[C@H](N)c1ccc(N2CCCS2(=O)=O)cc1. The summed E-state index contributed by atoms with van der Waals surface area (Å²) in [4.78, 5) is 0. The van der Waals surface area contributed by atoms with Crippen molar-refractivity contribution in [3.05, 3.63) is 29.8 Å². The summed E-state index contributed by atoms with van der Waals surface area (Å²) >= 11 is 0. The van der Waals surface area contributed by atoms with Gasteiger partial charge in [-0.1, -0.05) is 12.1 Å². The van der Waals surface area contributed by atoms with Gasteiger partial charge < -0.3 is 5.73 Å². The van der Waals surface area contributed by atoms with Crippen LogP contribution in [0.5, 0.6) is 0 Å². The van der Waals surface area contributed by atoms with Crippen LogP contribution in [0.25, 0.3) is 0 Å². The van der Waals surface area contributed by atoms with E-state index in [4.69, 9.17) is 5.73 Å². The smallest absolute Gasteiger partial charge is 0.235 e. The first-order chi connectivity index (χ1) is 7.50. The normalized spacial score (nSPS) is 21.0. The van der Waals surface area contributed by atoms with E-state index in [9.17, 15) is 8.42 Å². The summed E-state index contributed by atoms with van der Waals surface area (Å²) in [6.45, 7) is 2.49. The Morgan fingerprint density at radius 2 is 1.94 bits per heavy atom. The van der Waals surface area contributed by atoms with Crippen molar-refractivity contribution in [1.82, 2.24) is 0 Å². The quantitative estimate of drug-likeness (QED) is 0.846. The van der Waals surface area contributed by atoms with Crippen molar-refractivity contribution in [2.75, 3.05) is 16.6 Å². The predicted molar refractivity (Wildman–Crippen MR) is 64.8 cm³/mol. The van der Waals surface area contributed by atoms with Gasteiger partial charge in [-0.05, 0) is 31.0 Å². The van der Waals surface area contributed by atoms with Crippen molar-refractivity contribution >= 4 is 15.7 Å². The third kappa shape index (κ3) is 2.05. The summed E-state index contributed by atoms with van der Waals surface area (Å²) in [5.41, 5.74) is 7.49. The summed E-state index contributed by atoms with van der Waals surface area (Å²) in [6, 6.07) is 7.38. The number of hydrogen-bond donors (Lipinski definition) is 1. The molecule has 1 aliphatic heterocycles. The summed E-state index contributed by atoms with van der Waals surface area (Å²) in [6.07, 6.45) is 0.706. The van der Waals surface area contributed by atoms with Gasteiger partial charge in [0.1, 0.15) is 0 Å². The van der Waals surface area contributed by atoms with Crippen LogP contribution in [-0.4, -0.2) is 20.7 Å². The lowest BCUT2D eigenvalue weighted by Gasteiger charge is -2.17. The molecule has 0 saturated carbocycles. The molecule has 1 aromatic rings. The van der Waals surface area contributed by atoms with E-state index in [-0.39, 0.29) is 11.8 Å². The molecule has 0 bridgehead atoms. The molecule has 5 heteroatoms. The van der Waals surface area contributed by atoms with Crippen molar-refractivity contribution < 1.29 is 8.42 Å². The second-order valence-corrected chi connectivity index (χ2v) is 6.13.